The van der Waals surface area contributed by atoms with Gasteiger partial charge in [0.25, 0.3) is 0 Å². The highest BCUT2D eigenvalue weighted by Crippen LogP contribution is 2.07. The molecule has 4 N–H and O–H groups in total. The van der Waals surface area contributed by atoms with Crippen molar-refractivity contribution in [2.75, 3.05) is 0 Å². The number of aliphatic hydroxyl groups excluding tert-OH is 1. The third kappa shape index (κ3) is 4.29. The molecule has 0 heterocycles. The normalized spacial score (nSPS) is 13.6. The van der Waals surface area contributed by atoms with Crippen LogP contribution in [-0.4, -0.2) is 22.4 Å². The fourth-order valence-corrected chi connectivity index (χ4v) is 0.519. The Bertz CT molecular complexity index is 114. The molecule has 4 nitrogen and oxygen atoms in total. The smallest absolute Gasteiger partial charge is 0.217 e. The van der Waals surface area contributed by atoms with Crippen molar-refractivity contribution in [3.8, 4) is 0 Å². The predicted molar refractivity (Wildman–Crippen MR) is 35.8 cm³/mol. The average Bonchev–Trinajstić information content (AvgIpc) is 1.82. The molecule has 0 spiro atoms. The lowest BCUT2D eigenvalue weighted by atomic mass is 10.1. The second kappa shape index (κ2) is 4.24. The van der Waals surface area contributed by atoms with Gasteiger partial charge >= 0.3 is 0 Å². The van der Waals surface area contributed by atoms with E-state index in [1.807, 2.05) is 0 Å². The molecule has 0 aromatic carbocycles. The van der Waals surface area contributed by atoms with Crippen molar-refractivity contribution in [3.05, 3.63) is 0 Å². The highest BCUT2D eigenvalue weighted by Gasteiger charge is 2.10. The molecule has 1 atom stereocenters. The lowest BCUT2D eigenvalue weighted by molar-refractivity contribution is -0.119. The monoisotopic (exact) mass is 147 g/mol. The molecule has 0 bridgehead atoms. The van der Waals surface area contributed by atoms with Crippen molar-refractivity contribution in [1.82, 2.24) is 0 Å². The van der Waals surface area contributed by atoms with E-state index in [1.165, 1.54) is 0 Å². The fourth-order valence-electron chi connectivity index (χ4n) is 0.519. The van der Waals surface area contributed by atoms with E-state index in [0.717, 1.165) is 0 Å². The first-order chi connectivity index (χ1) is 4.54. The van der Waals surface area contributed by atoms with E-state index in [1.54, 1.807) is 6.92 Å². The molecular weight excluding hydrogens is 134 g/mol. The quantitative estimate of drug-likeness (QED) is 0.455. The van der Waals surface area contributed by atoms with E-state index in [0.29, 0.717) is 6.42 Å². The van der Waals surface area contributed by atoms with Crippen molar-refractivity contribution < 1.29 is 15.0 Å². The SMILES string of the molecule is CC(CCC(N)=O)C(O)O. The number of rotatable bonds is 4. The summed E-state index contributed by atoms with van der Waals surface area (Å²) in [5.74, 6) is -0.694. The van der Waals surface area contributed by atoms with Crippen LogP contribution in [0.15, 0.2) is 0 Å². The first-order valence-corrected chi connectivity index (χ1v) is 3.18. The summed E-state index contributed by atoms with van der Waals surface area (Å²) in [5, 5.41) is 17.1. The lowest BCUT2D eigenvalue weighted by Gasteiger charge is -2.11. The van der Waals surface area contributed by atoms with Crippen LogP contribution in [0.4, 0.5) is 0 Å². The molecule has 0 aliphatic carbocycles. The van der Waals surface area contributed by atoms with Gasteiger partial charge in [-0.25, -0.2) is 0 Å². The average molecular weight is 147 g/mol. The van der Waals surface area contributed by atoms with Crippen molar-refractivity contribution in [2.24, 2.45) is 11.7 Å². The Balaban J connectivity index is 3.39. The maximum Gasteiger partial charge on any atom is 0.217 e. The Labute approximate surface area is 59.7 Å². The van der Waals surface area contributed by atoms with E-state index in [2.05, 4.69) is 0 Å². The van der Waals surface area contributed by atoms with E-state index in [-0.39, 0.29) is 12.3 Å². The van der Waals surface area contributed by atoms with E-state index in [9.17, 15) is 4.79 Å². The third-order valence-electron chi connectivity index (χ3n) is 1.36. The molecule has 10 heavy (non-hydrogen) atoms. The third-order valence-corrected chi connectivity index (χ3v) is 1.36. The first kappa shape index (κ1) is 9.39. The zero-order valence-corrected chi connectivity index (χ0v) is 5.95. The number of nitrogens with two attached hydrogens (primary N) is 1. The molecule has 4 heteroatoms. The Kier molecular flexibility index (Phi) is 3.99. The van der Waals surface area contributed by atoms with Gasteiger partial charge in [0.15, 0.2) is 6.29 Å². The van der Waals surface area contributed by atoms with Crippen LogP contribution < -0.4 is 5.73 Å². The van der Waals surface area contributed by atoms with Gasteiger partial charge < -0.3 is 15.9 Å². The maximum absolute atomic E-state index is 10.2. The summed E-state index contributed by atoms with van der Waals surface area (Å²) in [4.78, 5) is 10.2. The minimum Gasteiger partial charge on any atom is -0.370 e. The minimum atomic E-state index is -1.35. The molecule has 1 amide bonds. The van der Waals surface area contributed by atoms with Crippen LogP contribution >= 0.6 is 0 Å². The molecule has 0 radical (unpaired) electrons. The van der Waals surface area contributed by atoms with Crippen LogP contribution in [0, 0.1) is 5.92 Å². The summed E-state index contributed by atoms with van der Waals surface area (Å²) in [5.41, 5.74) is 4.84. The molecule has 1 unspecified atom stereocenters. The molecule has 0 rings (SSSR count). The molecule has 0 saturated heterocycles. The summed E-state index contributed by atoms with van der Waals surface area (Å²) < 4.78 is 0. The number of aliphatic hydroxyl groups is 2. The highest BCUT2D eigenvalue weighted by molar-refractivity contribution is 5.73. The summed E-state index contributed by atoms with van der Waals surface area (Å²) in [7, 11) is 0. The zero-order valence-electron chi connectivity index (χ0n) is 5.95. The number of amides is 1. The molecule has 0 aromatic rings. The van der Waals surface area contributed by atoms with Crippen LogP contribution in [0.1, 0.15) is 19.8 Å². The summed E-state index contributed by atoms with van der Waals surface area (Å²) in [6, 6.07) is 0. The molecule has 0 aromatic heterocycles. The summed E-state index contributed by atoms with van der Waals surface area (Å²) in [6.45, 7) is 1.65. The second-order valence-corrected chi connectivity index (χ2v) is 2.40. The minimum absolute atomic E-state index is 0.207. The van der Waals surface area contributed by atoms with Crippen molar-refractivity contribution in [3.63, 3.8) is 0 Å². The number of primary amides is 1. The Morgan fingerprint density at radius 2 is 2.10 bits per heavy atom. The van der Waals surface area contributed by atoms with Gasteiger partial charge in [-0.2, -0.15) is 0 Å². The maximum atomic E-state index is 10.2. The fraction of sp³-hybridized carbons (Fsp3) is 0.833. The van der Waals surface area contributed by atoms with E-state index in [4.69, 9.17) is 15.9 Å². The Hall–Kier alpha value is -0.610. The van der Waals surface area contributed by atoms with Crippen molar-refractivity contribution in [2.45, 2.75) is 26.1 Å². The van der Waals surface area contributed by atoms with Crippen LogP contribution in [0.3, 0.4) is 0 Å². The zero-order chi connectivity index (χ0) is 8.15. The second-order valence-electron chi connectivity index (χ2n) is 2.40. The summed E-state index contributed by atoms with van der Waals surface area (Å²) >= 11 is 0. The molecule has 0 saturated carbocycles. The number of hydrogen-bond acceptors (Lipinski definition) is 3. The van der Waals surface area contributed by atoms with Crippen LogP contribution in [0.2, 0.25) is 0 Å². The predicted octanol–water partition coefficient (Wildman–Crippen LogP) is -0.801. The van der Waals surface area contributed by atoms with Crippen molar-refractivity contribution in [1.29, 1.82) is 0 Å². The van der Waals surface area contributed by atoms with Gasteiger partial charge in [-0.1, -0.05) is 6.92 Å². The lowest BCUT2D eigenvalue weighted by Crippen LogP contribution is -2.19. The van der Waals surface area contributed by atoms with Gasteiger partial charge in [0.05, 0.1) is 0 Å². The highest BCUT2D eigenvalue weighted by atomic mass is 16.5. The number of carbonyl (C=O) groups excluding carboxylic acids is 1. The number of hydrogen-bond donors (Lipinski definition) is 3. The number of carbonyl (C=O) groups is 1. The Morgan fingerprint density at radius 3 is 2.40 bits per heavy atom. The van der Waals surface area contributed by atoms with E-state index < -0.39 is 12.2 Å². The van der Waals surface area contributed by atoms with Crippen molar-refractivity contribution >= 4 is 5.91 Å². The molecule has 60 valence electrons. The van der Waals surface area contributed by atoms with Gasteiger partial charge in [0, 0.05) is 12.3 Å². The van der Waals surface area contributed by atoms with Gasteiger partial charge in [0.2, 0.25) is 5.91 Å². The van der Waals surface area contributed by atoms with Crippen LogP contribution in [0.5, 0.6) is 0 Å². The van der Waals surface area contributed by atoms with Crippen LogP contribution in [0.25, 0.3) is 0 Å². The first-order valence-electron chi connectivity index (χ1n) is 3.18. The molecule has 0 aliphatic rings. The largest absolute Gasteiger partial charge is 0.370 e. The van der Waals surface area contributed by atoms with Gasteiger partial charge in [0.1, 0.15) is 0 Å². The molecule has 0 aliphatic heterocycles. The van der Waals surface area contributed by atoms with Crippen LogP contribution in [-0.2, 0) is 4.79 Å². The van der Waals surface area contributed by atoms with Gasteiger partial charge in [-0.15, -0.1) is 0 Å². The molecular formula is C6H13NO3. The standard InChI is InChI=1S/C6H13NO3/c1-4(6(9)10)2-3-5(7)8/h4,6,9-10H,2-3H2,1H3,(H2,7,8). The van der Waals surface area contributed by atoms with E-state index >= 15 is 0 Å². The molecule has 0 fully saturated rings. The Morgan fingerprint density at radius 1 is 1.60 bits per heavy atom. The topological polar surface area (TPSA) is 83.6 Å². The summed E-state index contributed by atoms with van der Waals surface area (Å²) in [6.07, 6.45) is -0.717. The van der Waals surface area contributed by atoms with Gasteiger partial charge in [-0.05, 0) is 6.42 Å². The van der Waals surface area contributed by atoms with Gasteiger partial charge in [-0.3, -0.25) is 4.79 Å².